The van der Waals surface area contributed by atoms with Gasteiger partial charge in [0.2, 0.25) is 0 Å². The summed E-state index contributed by atoms with van der Waals surface area (Å²) in [5.41, 5.74) is 0. The molecule has 0 aromatic rings. The van der Waals surface area contributed by atoms with Crippen LogP contribution in [0.5, 0.6) is 0 Å². The average Bonchev–Trinajstić information content (AvgIpc) is 2.28. The van der Waals surface area contributed by atoms with Crippen molar-refractivity contribution in [2.24, 2.45) is 0 Å². The molecule has 0 saturated heterocycles. The fourth-order valence-electron chi connectivity index (χ4n) is 1.09. The van der Waals surface area contributed by atoms with E-state index in [2.05, 4.69) is 5.32 Å². The summed E-state index contributed by atoms with van der Waals surface area (Å²) in [6.45, 7) is 5.43. The molecule has 7 heteroatoms. The molecule has 0 atom stereocenters. The van der Waals surface area contributed by atoms with Crippen LogP contribution in [0.3, 0.4) is 0 Å². The third-order valence-electron chi connectivity index (χ3n) is 2.27. The number of sulfone groups is 2. The smallest absolute Gasteiger partial charge is 0.190 e. The van der Waals surface area contributed by atoms with Crippen LogP contribution in [0, 0.1) is 0 Å². The van der Waals surface area contributed by atoms with E-state index in [-0.39, 0.29) is 11.5 Å². The molecule has 0 heterocycles. The lowest BCUT2D eigenvalue weighted by atomic mass is 10.3. The van der Waals surface area contributed by atoms with E-state index in [1.807, 2.05) is 6.92 Å². The Morgan fingerprint density at radius 1 is 1.00 bits per heavy atom. The van der Waals surface area contributed by atoms with Crippen LogP contribution in [-0.4, -0.2) is 34.9 Å². The van der Waals surface area contributed by atoms with Gasteiger partial charge in [0.15, 0.2) is 23.9 Å². The molecule has 0 aliphatic heterocycles. The quantitative estimate of drug-likeness (QED) is 0.673. The van der Waals surface area contributed by atoms with Crippen LogP contribution in [0.4, 0.5) is 0 Å². The van der Waals surface area contributed by atoms with Crippen molar-refractivity contribution in [1.29, 1.82) is 0 Å². The van der Waals surface area contributed by atoms with E-state index in [0.717, 1.165) is 19.0 Å². The molecule has 0 aliphatic rings. The molecule has 17 heavy (non-hydrogen) atoms. The highest BCUT2D eigenvalue weighted by Crippen LogP contribution is 2.15. The molecular weight excluding hydrogens is 262 g/mol. The fourth-order valence-corrected chi connectivity index (χ4v) is 4.44. The third kappa shape index (κ3) is 5.08. The summed E-state index contributed by atoms with van der Waals surface area (Å²) in [5.74, 6) is -0.430. The molecule has 0 bridgehead atoms. The van der Waals surface area contributed by atoms with Crippen molar-refractivity contribution in [2.45, 2.75) is 33.6 Å². The Morgan fingerprint density at radius 3 is 1.82 bits per heavy atom. The van der Waals surface area contributed by atoms with Gasteiger partial charge >= 0.3 is 0 Å². The maximum atomic E-state index is 11.7. The maximum Gasteiger partial charge on any atom is 0.190 e. The first-order valence-electron chi connectivity index (χ1n) is 5.70. The lowest BCUT2D eigenvalue weighted by Gasteiger charge is -2.08. The van der Waals surface area contributed by atoms with Gasteiger partial charge in [-0.2, -0.15) is 0 Å². The summed E-state index contributed by atoms with van der Waals surface area (Å²) in [6.07, 6.45) is 2.94. The molecule has 1 N–H and O–H groups in total. The SMILES string of the molecule is CCCCNC=C(S(=O)(=O)CC)S(=O)(=O)CC. The van der Waals surface area contributed by atoms with Gasteiger partial charge in [-0.1, -0.05) is 27.2 Å². The summed E-state index contributed by atoms with van der Waals surface area (Å²) in [4.78, 5) is 0. The second-order valence-electron chi connectivity index (χ2n) is 3.58. The molecule has 0 saturated carbocycles. The zero-order chi connectivity index (χ0) is 13.5. The minimum atomic E-state index is -3.71. The number of hydrogen-bond acceptors (Lipinski definition) is 5. The van der Waals surface area contributed by atoms with Crippen molar-refractivity contribution in [3.63, 3.8) is 0 Å². The van der Waals surface area contributed by atoms with E-state index in [4.69, 9.17) is 0 Å². The first kappa shape index (κ1) is 16.4. The molecule has 102 valence electrons. The minimum absolute atomic E-state index is 0.215. The van der Waals surface area contributed by atoms with Crippen molar-refractivity contribution in [3.05, 3.63) is 10.4 Å². The number of unbranched alkanes of at least 4 members (excludes halogenated alkanes) is 1. The van der Waals surface area contributed by atoms with E-state index < -0.39 is 23.9 Å². The molecule has 0 spiro atoms. The van der Waals surface area contributed by atoms with Crippen LogP contribution in [0.15, 0.2) is 10.4 Å². The number of nitrogens with one attached hydrogen (secondary N) is 1. The Bertz CT molecular complexity index is 413. The summed E-state index contributed by atoms with van der Waals surface area (Å²) in [5, 5.41) is 2.75. The summed E-state index contributed by atoms with van der Waals surface area (Å²) >= 11 is 0. The molecule has 0 rings (SSSR count). The molecule has 0 fully saturated rings. The molecule has 5 nitrogen and oxygen atoms in total. The Labute approximate surface area is 104 Å². The summed E-state index contributed by atoms with van der Waals surface area (Å²) < 4.78 is 46.2. The largest absolute Gasteiger partial charge is 0.389 e. The van der Waals surface area contributed by atoms with E-state index in [1.165, 1.54) is 13.8 Å². The average molecular weight is 283 g/mol. The summed E-state index contributed by atoms with van der Waals surface area (Å²) in [7, 11) is -7.41. The van der Waals surface area contributed by atoms with Gasteiger partial charge < -0.3 is 5.32 Å². The van der Waals surface area contributed by atoms with Gasteiger partial charge in [-0.3, -0.25) is 0 Å². The minimum Gasteiger partial charge on any atom is -0.389 e. The van der Waals surface area contributed by atoms with E-state index >= 15 is 0 Å². The predicted octanol–water partition coefficient (Wildman–Crippen LogP) is 1.04. The predicted molar refractivity (Wildman–Crippen MR) is 69.9 cm³/mol. The van der Waals surface area contributed by atoms with Crippen LogP contribution in [0.1, 0.15) is 33.6 Å². The van der Waals surface area contributed by atoms with Crippen molar-refractivity contribution in [2.75, 3.05) is 18.1 Å². The lowest BCUT2D eigenvalue weighted by molar-refractivity contribution is 0.595. The van der Waals surface area contributed by atoms with E-state index in [0.29, 0.717) is 6.54 Å². The molecule has 0 aliphatic carbocycles. The van der Waals surface area contributed by atoms with Gasteiger partial charge in [0.1, 0.15) is 0 Å². The van der Waals surface area contributed by atoms with Crippen LogP contribution in [-0.2, 0) is 19.7 Å². The van der Waals surface area contributed by atoms with E-state index in [9.17, 15) is 16.8 Å². The Kier molecular flexibility index (Phi) is 6.77. The first-order valence-corrected chi connectivity index (χ1v) is 9.01. The van der Waals surface area contributed by atoms with Crippen molar-refractivity contribution in [1.82, 2.24) is 5.32 Å². The number of rotatable bonds is 8. The van der Waals surface area contributed by atoms with Gasteiger partial charge in [0, 0.05) is 12.7 Å². The second kappa shape index (κ2) is 7.00. The zero-order valence-electron chi connectivity index (χ0n) is 10.6. The Hall–Kier alpha value is -0.560. The van der Waals surface area contributed by atoms with E-state index in [1.54, 1.807) is 0 Å². The van der Waals surface area contributed by atoms with Crippen LogP contribution >= 0.6 is 0 Å². The molecule has 0 aromatic carbocycles. The van der Waals surface area contributed by atoms with Crippen molar-refractivity contribution >= 4 is 19.7 Å². The zero-order valence-corrected chi connectivity index (χ0v) is 12.2. The standard InChI is InChI=1S/C10H21NO4S2/c1-4-7-8-11-9-10(16(12,13)5-2)17(14,15)6-3/h9,11H,4-8H2,1-3H3. The van der Waals surface area contributed by atoms with Gasteiger partial charge in [-0.05, 0) is 6.42 Å². The maximum absolute atomic E-state index is 11.7. The Morgan fingerprint density at radius 2 is 1.47 bits per heavy atom. The third-order valence-corrected chi connectivity index (χ3v) is 6.77. The van der Waals surface area contributed by atoms with Gasteiger partial charge in [-0.15, -0.1) is 0 Å². The lowest BCUT2D eigenvalue weighted by Crippen LogP contribution is -2.21. The molecular formula is C10H21NO4S2. The second-order valence-corrected chi connectivity index (χ2v) is 8.33. The molecule has 0 aromatic heterocycles. The normalized spacial score (nSPS) is 12.2. The number of hydrogen-bond donors (Lipinski definition) is 1. The molecule has 0 unspecified atom stereocenters. The topological polar surface area (TPSA) is 80.3 Å². The highest BCUT2D eigenvalue weighted by Gasteiger charge is 2.27. The Balaban J connectivity index is 5.16. The van der Waals surface area contributed by atoms with Crippen LogP contribution in [0.25, 0.3) is 0 Å². The van der Waals surface area contributed by atoms with Gasteiger partial charge in [0.05, 0.1) is 11.5 Å². The summed E-state index contributed by atoms with van der Waals surface area (Å²) in [6, 6.07) is 0. The van der Waals surface area contributed by atoms with Crippen molar-refractivity contribution in [3.8, 4) is 0 Å². The molecule has 0 amide bonds. The molecule has 0 radical (unpaired) electrons. The van der Waals surface area contributed by atoms with Crippen LogP contribution in [0.2, 0.25) is 0 Å². The fraction of sp³-hybridized carbons (Fsp3) is 0.800. The van der Waals surface area contributed by atoms with Crippen molar-refractivity contribution < 1.29 is 16.8 Å². The first-order chi connectivity index (χ1) is 7.81. The van der Waals surface area contributed by atoms with Gasteiger partial charge in [0.25, 0.3) is 0 Å². The highest BCUT2D eigenvalue weighted by molar-refractivity contribution is 8.14. The highest BCUT2D eigenvalue weighted by atomic mass is 32.3. The monoisotopic (exact) mass is 283 g/mol. The van der Waals surface area contributed by atoms with Gasteiger partial charge in [-0.25, -0.2) is 16.8 Å². The van der Waals surface area contributed by atoms with Crippen LogP contribution < -0.4 is 5.32 Å².